The molecule has 1 rings (SSSR count). The molecule has 5 heteroatoms. The first-order valence-electron chi connectivity index (χ1n) is 5.49. The molecule has 2 N–H and O–H groups in total. The van der Waals surface area contributed by atoms with Crippen molar-refractivity contribution in [2.24, 2.45) is 0 Å². The largest absolute Gasteiger partial charge is 0.395 e. The minimum absolute atomic E-state index is 0.0494. The minimum atomic E-state index is -2.90. The van der Waals surface area contributed by atoms with Gasteiger partial charge in [0.25, 0.3) is 0 Å². The first kappa shape index (κ1) is 12.9. The molecule has 0 aromatic carbocycles. The Morgan fingerprint density at radius 3 is 2.67 bits per heavy atom. The summed E-state index contributed by atoms with van der Waals surface area (Å²) in [7, 11) is -2.90. The maximum Gasteiger partial charge on any atom is 0.150 e. The molecule has 90 valence electrons. The molecule has 3 atom stereocenters. The van der Waals surface area contributed by atoms with E-state index in [0.717, 1.165) is 19.3 Å². The normalized spacial score (nSPS) is 30.1. The van der Waals surface area contributed by atoms with Crippen molar-refractivity contribution < 1.29 is 13.5 Å². The van der Waals surface area contributed by atoms with Crippen molar-refractivity contribution in [3.05, 3.63) is 0 Å². The predicted molar refractivity (Wildman–Crippen MR) is 60.6 cm³/mol. The van der Waals surface area contributed by atoms with Gasteiger partial charge >= 0.3 is 0 Å². The van der Waals surface area contributed by atoms with Crippen LogP contribution in [0.25, 0.3) is 0 Å². The third-order valence-corrected chi connectivity index (χ3v) is 4.66. The Bertz CT molecular complexity index is 289. The van der Waals surface area contributed by atoms with Crippen molar-refractivity contribution in [3.63, 3.8) is 0 Å². The van der Waals surface area contributed by atoms with Gasteiger partial charge < -0.3 is 10.4 Å². The smallest absolute Gasteiger partial charge is 0.150 e. The van der Waals surface area contributed by atoms with E-state index in [0.29, 0.717) is 6.42 Å². The molecule has 0 amide bonds. The molecule has 0 aromatic rings. The van der Waals surface area contributed by atoms with Gasteiger partial charge in [-0.25, -0.2) is 8.42 Å². The molecule has 0 aromatic heterocycles. The monoisotopic (exact) mass is 235 g/mol. The first-order chi connectivity index (χ1) is 6.93. The van der Waals surface area contributed by atoms with Gasteiger partial charge in [0.1, 0.15) is 9.84 Å². The molecule has 0 radical (unpaired) electrons. The topological polar surface area (TPSA) is 66.4 Å². The third kappa shape index (κ3) is 4.09. The van der Waals surface area contributed by atoms with Crippen LogP contribution in [-0.2, 0) is 9.84 Å². The zero-order chi connectivity index (χ0) is 11.5. The van der Waals surface area contributed by atoms with Crippen LogP contribution in [0.3, 0.4) is 0 Å². The lowest BCUT2D eigenvalue weighted by atomic mass is 9.94. The van der Waals surface area contributed by atoms with Gasteiger partial charge in [-0.1, -0.05) is 6.42 Å². The molecule has 0 spiro atoms. The summed E-state index contributed by atoms with van der Waals surface area (Å²) in [6.07, 6.45) is 4.74. The Kier molecular flexibility index (Phi) is 4.55. The van der Waals surface area contributed by atoms with E-state index in [1.165, 1.54) is 6.26 Å². The van der Waals surface area contributed by atoms with Gasteiger partial charge in [0.05, 0.1) is 11.9 Å². The van der Waals surface area contributed by atoms with E-state index in [4.69, 9.17) is 5.11 Å². The second kappa shape index (κ2) is 5.27. The van der Waals surface area contributed by atoms with Crippen molar-refractivity contribution in [1.82, 2.24) is 5.32 Å². The van der Waals surface area contributed by atoms with Crippen molar-refractivity contribution in [1.29, 1.82) is 0 Å². The minimum Gasteiger partial charge on any atom is -0.395 e. The Morgan fingerprint density at radius 1 is 1.47 bits per heavy atom. The number of hydrogen-bond acceptors (Lipinski definition) is 4. The van der Waals surface area contributed by atoms with Gasteiger partial charge in [-0.15, -0.1) is 0 Å². The molecule has 1 fully saturated rings. The van der Waals surface area contributed by atoms with Crippen molar-refractivity contribution in [2.75, 3.05) is 12.9 Å². The number of nitrogens with one attached hydrogen (secondary N) is 1. The summed E-state index contributed by atoms with van der Waals surface area (Å²) < 4.78 is 22.8. The molecule has 0 saturated heterocycles. The predicted octanol–water partition coefficient (Wildman–Crippen LogP) is 0.313. The quantitative estimate of drug-likeness (QED) is 0.736. The van der Waals surface area contributed by atoms with Crippen LogP contribution in [0.4, 0.5) is 0 Å². The molecule has 0 bridgehead atoms. The zero-order valence-electron chi connectivity index (χ0n) is 9.44. The van der Waals surface area contributed by atoms with Crippen LogP contribution >= 0.6 is 0 Å². The molecule has 0 heterocycles. The number of aliphatic hydroxyl groups is 1. The fraction of sp³-hybridized carbons (Fsp3) is 1.00. The Labute approximate surface area is 92.0 Å². The molecular weight excluding hydrogens is 214 g/mol. The molecular formula is C10H21NO3S. The SMILES string of the molecule is CC(CO)NC1CCCC(S(C)(=O)=O)C1. The average molecular weight is 235 g/mol. The lowest BCUT2D eigenvalue weighted by Gasteiger charge is -2.30. The van der Waals surface area contributed by atoms with Gasteiger partial charge in [-0.3, -0.25) is 0 Å². The summed E-state index contributed by atoms with van der Waals surface area (Å²) in [5.74, 6) is 0. The van der Waals surface area contributed by atoms with Gasteiger partial charge in [-0.05, 0) is 26.2 Å². The van der Waals surface area contributed by atoms with E-state index in [2.05, 4.69) is 5.32 Å². The average Bonchev–Trinajstić information content (AvgIpc) is 2.17. The fourth-order valence-electron chi connectivity index (χ4n) is 2.14. The van der Waals surface area contributed by atoms with E-state index < -0.39 is 9.84 Å². The molecule has 1 aliphatic carbocycles. The Morgan fingerprint density at radius 2 is 2.13 bits per heavy atom. The third-order valence-electron chi connectivity index (χ3n) is 3.03. The standard InChI is InChI=1S/C10H21NO3S/c1-8(7-12)11-9-4-3-5-10(6-9)15(2,13)14/h8-12H,3-7H2,1-2H3. The maximum absolute atomic E-state index is 11.4. The molecule has 1 saturated carbocycles. The van der Waals surface area contributed by atoms with Crippen LogP contribution in [0.1, 0.15) is 32.6 Å². The van der Waals surface area contributed by atoms with E-state index in [1.54, 1.807) is 0 Å². The summed E-state index contributed by atoms with van der Waals surface area (Å²) in [5, 5.41) is 12.0. The second-order valence-corrected chi connectivity index (χ2v) is 6.89. The number of rotatable bonds is 4. The fourth-order valence-corrected chi connectivity index (χ4v) is 3.32. The summed E-state index contributed by atoms with van der Waals surface area (Å²) in [5.41, 5.74) is 0. The van der Waals surface area contributed by atoms with E-state index in [9.17, 15) is 8.42 Å². The molecule has 15 heavy (non-hydrogen) atoms. The van der Waals surface area contributed by atoms with Gasteiger partial charge in [-0.2, -0.15) is 0 Å². The van der Waals surface area contributed by atoms with Crippen molar-refractivity contribution in [3.8, 4) is 0 Å². The highest BCUT2D eigenvalue weighted by Crippen LogP contribution is 2.24. The van der Waals surface area contributed by atoms with Crippen LogP contribution in [0.5, 0.6) is 0 Å². The second-order valence-electron chi connectivity index (χ2n) is 4.57. The van der Waals surface area contributed by atoms with Crippen LogP contribution in [0.15, 0.2) is 0 Å². The van der Waals surface area contributed by atoms with Crippen LogP contribution in [-0.4, -0.2) is 43.7 Å². The van der Waals surface area contributed by atoms with Crippen LogP contribution in [0, 0.1) is 0 Å². The highest BCUT2D eigenvalue weighted by Gasteiger charge is 2.29. The van der Waals surface area contributed by atoms with Crippen molar-refractivity contribution in [2.45, 2.75) is 49.9 Å². The summed E-state index contributed by atoms with van der Waals surface area (Å²) in [6, 6.07) is 0.286. The maximum atomic E-state index is 11.4. The summed E-state index contributed by atoms with van der Waals surface area (Å²) >= 11 is 0. The Balaban J connectivity index is 2.49. The van der Waals surface area contributed by atoms with E-state index in [1.807, 2.05) is 6.92 Å². The van der Waals surface area contributed by atoms with Crippen LogP contribution in [0.2, 0.25) is 0 Å². The molecule has 1 aliphatic rings. The number of sulfone groups is 1. The zero-order valence-corrected chi connectivity index (χ0v) is 10.3. The highest BCUT2D eigenvalue weighted by atomic mass is 32.2. The van der Waals surface area contributed by atoms with E-state index in [-0.39, 0.29) is 23.9 Å². The number of aliphatic hydroxyl groups excluding tert-OH is 1. The first-order valence-corrected chi connectivity index (χ1v) is 7.44. The van der Waals surface area contributed by atoms with Gasteiger partial charge in [0.15, 0.2) is 0 Å². The molecule has 3 unspecified atom stereocenters. The summed E-state index contributed by atoms with van der Waals surface area (Å²) in [4.78, 5) is 0. The van der Waals surface area contributed by atoms with Gasteiger partial charge in [0.2, 0.25) is 0 Å². The molecule has 0 aliphatic heterocycles. The van der Waals surface area contributed by atoms with Crippen molar-refractivity contribution >= 4 is 9.84 Å². The van der Waals surface area contributed by atoms with Crippen LogP contribution < -0.4 is 5.32 Å². The Hall–Kier alpha value is -0.130. The number of hydrogen-bond donors (Lipinski definition) is 2. The highest BCUT2D eigenvalue weighted by molar-refractivity contribution is 7.91. The lowest BCUT2D eigenvalue weighted by molar-refractivity contribution is 0.228. The van der Waals surface area contributed by atoms with Gasteiger partial charge in [0, 0.05) is 18.3 Å². The lowest BCUT2D eigenvalue weighted by Crippen LogP contribution is -2.43. The molecule has 4 nitrogen and oxygen atoms in total. The van der Waals surface area contributed by atoms with E-state index >= 15 is 0 Å². The summed E-state index contributed by atoms with van der Waals surface area (Å²) in [6.45, 7) is 2.00.